The molecular weight excluding hydrogens is 233 g/mol. The van der Waals surface area contributed by atoms with Gasteiger partial charge in [-0.1, -0.05) is 13.0 Å². The van der Waals surface area contributed by atoms with E-state index in [1.807, 2.05) is 19.1 Å². The summed E-state index contributed by atoms with van der Waals surface area (Å²) in [5, 5.41) is 3.17. The third kappa shape index (κ3) is 3.60. The summed E-state index contributed by atoms with van der Waals surface area (Å²) in [6.07, 6.45) is 0. The van der Waals surface area contributed by atoms with Crippen molar-refractivity contribution in [3.8, 4) is 5.75 Å². The van der Waals surface area contributed by atoms with E-state index in [0.717, 1.165) is 18.1 Å². The predicted molar refractivity (Wildman–Crippen MR) is 66.8 cm³/mol. The van der Waals surface area contributed by atoms with Gasteiger partial charge in [0, 0.05) is 6.07 Å². The second kappa shape index (κ2) is 6.21. The Morgan fingerprint density at radius 1 is 1.22 bits per heavy atom. The lowest BCUT2D eigenvalue weighted by Gasteiger charge is -2.03. The van der Waals surface area contributed by atoms with Crippen LogP contribution in [0.2, 0.25) is 0 Å². The molecule has 1 heterocycles. The monoisotopic (exact) mass is 249 g/mol. The van der Waals surface area contributed by atoms with Crippen LogP contribution < -0.4 is 10.1 Å². The Bertz CT molecular complexity index is 496. The number of nitrogens with one attached hydrogen (secondary N) is 1. The molecule has 1 aromatic heterocycles. The van der Waals surface area contributed by atoms with E-state index in [-0.39, 0.29) is 5.82 Å². The highest BCUT2D eigenvalue weighted by molar-refractivity contribution is 5.22. The average Bonchev–Trinajstić information content (AvgIpc) is 2.82. The molecule has 96 valence electrons. The van der Waals surface area contributed by atoms with E-state index in [9.17, 15) is 4.39 Å². The molecule has 0 spiro atoms. The number of furan rings is 1. The summed E-state index contributed by atoms with van der Waals surface area (Å²) in [4.78, 5) is 0. The van der Waals surface area contributed by atoms with Crippen LogP contribution in [0.15, 0.2) is 40.8 Å². The topological polar surface area (TPSA) is 34.4 Å². The van der Waals surface area contributed by atoms with Crippen molar-refractivity contribution in [3.63, 3.8) is 0 Å². The fourth-order valence-electron chi connectivity index (χ4n) is 1.55. The zero-order valence-electron chi connectivity index (χ0n) is 10.3. The van der Waals surface area contributed by atoms with Gasteiger partial charge in [0.25, 0.3) is 0 Å². The number of hydrogen-bond acceptors (Lipinski definition) is 3. The minimum Gasteiger partial charge on any atom is -0.486 e. The molecule has 0 radical (unpaired) electrons. The van der Waals surface area contributed by atoms with Crippen LogP contribution in [0, 0.1) is 5.82 Å². The van der Waals surface area contributed by atoms with E-state index in [0.29, 0.717) is 18.9 Å². The Morgan fingerprint density at radius 2 is 2.06 bits per heavy atom. The maximum absolute atomic E-state index is 12.9. The molecule has 0 unspecified atom stereocenters. The lowest BCUT2D eigenvalue weighted by molar-refractivity contribution is 0.264. The van der Waals surface area contributed by atoms with Gasteiger partial charge in [-0.05, 0) is 30.8 Å². The molecule has 0 fully saturated rings. The van der Waals surface area contributed by atoms with Crippen LogP contribution in [0.25, 0.3) is 0 Å². The largest absolute Gasteiger partial charge is 0.486 e. The third-order valence-corrected chi connectivity index (χ3v) is 2.44. The van der Waals surface area contributed by atoms with E-state index in [1.54, 1.807) is 12.1 Å². The quantitative estimate of drug-likeness (QED) is 0.854. The molecule has 0 aliphatic carbocycles. The molecule has 2 rings (SSSR count). The van der Waals surface area contributed by atoms with Crippen molar-refractivity contribution < 1.29 is 13.5 Å². The van der Waals surface area contributed by atoms with Gasteiger partial charge < -0.3 is 14.5 Å². The van der Waals surface area contributed by atoms with Crippen molar-refractivity contribution in [2.24, 2.45) is 0 Å². The lowest BCUT2D eigenvalue weighted by atomic mass is 10.3. The molecule has 18 heavy (non-hydrogen) atoms. The van der Waals surface area contributed by atoms with Gasteiger partial charge in [0.15, 0.2) is 0 Å². The minimum atomic E-state index is -0.306. The first-order valence-corrected chi connectivity index (χ1v) is 5.94. The number of rotatable bonds is 6. The third-order valence-electron chi connectivity index (χ3n) is 2.44. The second-order valence-electron chi connectivity index (χ2n) is 3.89. The summed E-state index contributed by atoms with van der Waals surface area (Å²) in [7, 11) is 0. The molecule has 3 nitrogen and oxygen atoms in total. The van der Waals surface area contributed by atoms with Gasteiger partial charge in [-0.3, -0.25) is 0 Å². The Kier molecular flexibility index (Phi) is 4.36. The molecule has 4 heteroatoms. The average molecular weight is 249 g/mol. The summed E-state index contributed by atoms with van der Waals surface area (Å²) in [5.41, 5.74) is 0. The smallest absolute Gasteiger partial charge is 0.146 e. The Balaban J connectivity index is 1.88. The van der Waals surface area contributed by atoms with E-state index in [2.05, 4.69) is 5.32 Å². The van der Waals surface area contributed by atoms with Crippen LogP contribution in [-0.4, -0.2) is 6.54 Å². The maximum Gasteiger partial charge on any atom is 0.146 e. The lowest BCUT2D eigenvalue weighted by Crippen LogP contribution is -2.10. The Hall–Kier alpha value is -1.81. The Labute approximate surface area is 106 Å². The molecule has 0 aliphatic heterocycles. The first-order valence-electron chi connectivity index (χ1n) is 5.94. The molecule has 0 atom stereocenters. The van der Waals surface area contributed by atoms with Crippen molar-refractivity contribution in [3.05, 3.63) is 53.7 Å². The zero-order valence-corrected chi connectivity index (χ0v) is 10.3. The van der Waals surface area contributed by atoms with Crippen LogP contribution in [0.3, 0.4) is 0 Å². The van der Waals surface area contributed by atoms with Gasteiger partial charge >= 0.3 is 0 Å². The molecule has 0 aliphatic rings. The van der Waals surface area contributed by atoms with Gasteiger partial charge in [0.05, 0.1) is 6.54 Å². The molecule has 1 N–H and O–H groups in total. The SMILES string of the molecule is CCNCc1ccc(COc2cccc(F)c2)o1. The van der Waals surface area contributed by atoms with E-state index < -0.39 is 0 Å². The van der Waals surface area contributed by atoms with Gasteiger partial charge in [-0.2, -0.15) is 0 Å². The first kappa shape index (κ1) is 12.6. The zero-order chi connectivity index (χ0) is 12.8. The first-order chi connectivity index (χ1) is 8.78. The highest BCUT2D eigenvalue weighted by Crippen LogP contribution is 2.15. The summed E-state index contributed by atoms with van der Waals surface area (Å²) in [5.74, 6) is 1.79. The molecule has 1 aromatic carbocycles. The van der Waals surface area contributed by atoms with E-state index >= 15 is 0 Å². The number of halogens is 1. The summed E-state index contributed by atoms with van der Waals surface area (Å²) in [6, 6.07) is 9.84. The molecule has 2 aromatic rings. The van der Waals surface area contributed by atoms with Crippen molar-refractivity contribution in [1.82, 2.24) is 5.32 Å². The molecular formula is C14H16FNO2. The Morgan fingerprint density at radius 3 is 2.83 bits per heavy atom. The molecule has 0 bridgehead atoms. The van der Waals surface area contributed by atoms with Crippen LogP contribution in [-0.2, 0) is 13.2 Å². The molecule has 0 saturated carbocycles. The highest BCUT2D eigenvalue weighted by Gasteiger charge is 2.03. The fourth-order valence-corrected chi connectivity index (χ4v) is 1.55. The maximum atomic E-state index is 12.9. The second-order valence-corrected chi connectivity index (χ2v) is 3.89. The normalized spacial score (nSPS) is 10.6. The summed E-state index contributed by atoms with van der Waals surface area (Å²) >= 11 is 0. The number of benzene rings is 1. The number of ether oxygens (including phenoxy) is 1. The van der Waals surface area contributed by atoms with Crippen LogP contribution in [0.4, 0.5) is 4.39 Å². The number of hydrogen-bond donors (Lipinski definition) is 1. The standard InChI is InChI=1S/C14H16FNO2/c1-2-16-9-13-6-7-14(18-13)10-17-12-5-3-4-11(15)8-12/h3-8,16H,2,9-10H2,1H3. The summed E-state index contributed by atoms with van der Waals surface area (Å²) < 4.78 is 23.9. The minimum absolute atomic E-state index is 0.301. The van der Waals surface area contributed by atoms with Crippen molar-refractivity contribution in [1.29, 1.82) is 0 Å². The van der Waals surface area contributed by atoms with Crippen molar-refractivity contribution in [2.75, 3.05) is 6.54 Å². The molecule has 0 amide bonds. The highest BCUT2D eigenvalue weighted by atomic mass is 19.1. The van der Waals surface area contributed by atoms with Crippen LogP contribution >= 0.6 is 0 Å². The van der Waals surface area contributed by atoms with Gasteiger partial charge in [0.1, 0.15) is 29.7 Å². The van der Waals surface area contributed by atoms with Crippen LogP contribution in [0.1, 0.15) is 18.4 Å². The fraction of sp³-hybridized carbons (Fsp3) is 0.286. The van der Waals surface area contributed by atoms with Gasteiger partial charge in [0.2, 0.25) is 0 Å². The summed E-state index contributed by atoms with van der Waals surface area (Å²) in [6.45, 7) is 3.94. The van der Waals surface area contributed by atoms with Crippen LogP contribution in [0.5, 0.6) is 5.75 Å². The van der Waals surface area contributed by atoms with Gasteiger partial charge in [-0.15, -0.1) is 0 Å². The predicted octanol–water partition coefficient (Wildman–Crippen LogP) is 3.11. The van der Waals surface area contributed by atoms with E-state index in [1.165, 1.54) is 12.1 Å². The van der Waals surface area contributed by atoms with Gasteiger partial charge in [-0.25, -0.2) is 4.39 Å². The van der Waals surface area contributed by atoms with Crippen molar-refractivity contribution >= 4 is 0 Å². The molecule has 0 saturated heterocycles. The van der Waals surface area contributed by atoms with E-state index in [4.69, 9.17) is 9.15 Å². The van der Waals surface area contributed by atoms with Crippen molar-refractivity contribution in [2.45, 2.75) is 20.1 Å².